The lowest BCUT2D eigenvalue weighted by Crippen LogP contribution is -2.29. The number of hydrogen-bond donors (Lipinski definition) is 1. The van der Waals surface area contributed by atoms with Crippen LogP contribution in [0, 0.1) is 0 Å². The molecular weight excluding hydrogens is 340 g/mol. The summed E-state index contributed by atoms with van der Waals surface area (Å²) >= 11 is 0. The first kappa shape index (κ1) is 18.5. The van der Waals surface area contributed by atoms with Crippen LogP contribution in [-0.2, 0) is 11.4 Å². The SMILES string of the molecule is C=C(C)c1ccc(OCc2ccccc2)c2c(C(=O)C(=O)N(C)C)c[nH]c12. The number of Topliss-reactive ketones (excluding diaryl/α,β-unsaturated/α-hetero) is 1. The number of aromatic nitrogens is 1. The largest absolute Gasteiger partial charge is 0.488 e. The van der Waals surface area contributed by atoms with Crippen molar-refractivity contribution in [2.24, 2.45) is 0 Å². The molecule has 138 valence electrons. The molecule has 1 amide bonds. The third-order valence-electron chi connectivity index (χ3n) is 4.34. The Morgan fingerprint density at radius 3 is 2.41 bits per heavy atom. The summed E-state index contributed by atoms with van der Waals surface area (Å²) in [5, 5.41) is 0.603. The molecule has 0 unspecified atom stereocenters. The first-order chi connectivity index (χ1) is 12.9. The zero-order chi connectivity index (χ0) is 19.6. The first-order valence-corrected chi connectivity index (χ1v) is 8.62. The quantitative estimate of drug-likeness (QED) is 0.531. The highest BCUT2D eigenvalue weighted by Crippen LogP contribution is 2.34. The summed E-state index contributed by atoms with van der Waals surface area (Å²) in [6.07, 6.45) is 1.57. The van der Waals surface area contributed by atoms with E-state index in [0.29, 0.717) is 23.3 Å². The normalized spacial score (nSPS) is 10.6. The summed E-state index contributed by atoms with van der Waals surface area (Å²) in [7, 11) is 3.11. The average molecular weight is 362 g/mol. The van der Waals surface area contributed by atoms with E-state index in [9.17, 15) is 9.59 Å². The zero-order valence-corrected chi connectivity index (χ0v) is 15.7. The molecule has 0 saturated heterocycles. The van der Waals surface area contributed by atoms with Crippen molar-refractivity contribution < 1.29 is 14.3 Å². The summed E-state index contributed by atoms with van der Waals surface area (Å²) in [4.78, 5) is 29.3. The molecule has 0 radical (unpaired) electrons. The van der Waals surface area contributed by atoms with Gasteiger partial charge in [0.1, 0.15) is 12.4 Å². The van der Waals surface area contributed by atoms with Gasteiger partial charge in [-0.1, -0.05) is 36.9 Å². The second-order valence-corrected chi connectivity index (χ2v) is 6.65. The van der Waals surface area contributed by atoms with Gasteiger partial charge >= 0.3 is 0 Å². The number of amides is 1. The minimum absolute atomic E-state index is 0.301. The highest BCUT2D eigenvalue weighted by atomic mass is 16.5. The molecular formula is C22H22N2O3. The van der Waals surface area contributed by atoms with Gasteiger partial charge in [-0.05, 0) is 30.2 Å². The second kappa shape index (κ2) is 7.50. The van der Waals surface area contributed by atoms with Crippen molar-refractivity contribution in [3.63, 3.8) is 0 Å². The Labute approximate surface area is 158 Å². The van der Waals surface area contributed by atoms with Gasteiger partial charge in [0.25, 0.3) is 11.7 Å². The molecule has 0 bridgehead atoms. The van der Waals surface area contributed by atoms with Gasteiger partial charge in [0.05, 0.1) is 16.5 Å². The maximum atomic E-state index is 12.7. The van der Waals surface area contributed by atoms with Crippen LogP contribution in [0.5, 0.6) is 5.75 Å². The summed E-state index contributed by atoms with van der Waals surface area (Å²) < 4.78 is 6.00. The number of rotatable bonds is 6. The van der Waals surface area contributed by atoms with Crippen molar-refractivity contribution in [3.05, 3.63) is 71.9 Å². The third kappa shape index (κ3) is 3.62. The first-order valence-electron chi connectivity index (χ1n) is 8.62. The van der Waals surface area contributed by atoms with E-state index >= 15 is 0 Å². The van der Waals surface area contributed by atoms with Crippen LogP contribution in [0.1, 0.15) is 28.4 Å². The molecule has 0 saturated carbocycles. The van der Waals surface area contributed by atoms with Gasteiger partial charge in [-0.3, -0.25) is 9.59 Å². The summed E-state index contributed by atoms with van der Waals surface area (Å²) in [5.41, 5.74) is 3.79. The van der Waals surface area contributed by atoms with Gasteiger partial charge < -0.3 is 14.6 Å². The number of nitrogens with one attached hydrogen (secondary N) is 1. The van der Waals surface area contributed by atoms with Crippen LogP contribution >= 0.6 is 0 Å². The second-order valence-electron chi connectivity index (χ2n) is 6.65. The number of aromatic amines is 1. The van der Waals surface area contributed by atoms with Crippen molar-refractivity contribution in [1.82, 2.24) is 9.88 Å². The smallest absolute Gasteiger partial charge is 0.294 e. The lowest BCUT2D eigenvalue weighted by Gasteiger charge is -2.12. The van der Waals surface area contributed by atoms with Crippen LogP contribution in [0.15, 0.2) is 55.2 Å². The monoisotopic (exact) mass is 362 g/mol. The summed E-state index contributed by atoms with van der Waals surface area (Å²) in [5.74, 6) is -0.602. The maximum absolute atomic E-state index is 12.7. The molecule has 0 aliphatic heterocycles. The van der Waals surface area contributed by atoms with E-state index in [4.69, 9.17) is 4.74 Å². The molecule has 1 heterocycles. The summed E-state index contributed by atoms with van der Waals surface area (Å²) in [6.45, 7) is 6.25. The highest BCUT2D eigenvalue weighted by molar-refractivity contribution is 6.45. The van der Waals surface area contributed by atoms with Crippen LogP contribution in [0.2, 0.25) is 0 Å². The molecule has 0 spiro atoms. The van der Waals surface area contributed by atoms with Crippen molar-refractivity contribution in [1.29, 1.82) is 0 Å². The van der Waals surface area contributed by atoms with Crippen LogP contribution < -0.4 is 4.74 Å². The molecule has 5 heteroatoms. The number of carbonyl (C=O) groups excluding carboxylic acids is 2. The minimum Gasteiger partial charge on any atom is -0.488 e. The third-order valence-corrected chi connectivity index (χ3v) is 4.34. The van der Waals surface area contributed by atoms with E-state index in [-0.39, 0.29) is 0 Å². The number of ketones is 1. The number of fused-ring (bicyclic) bond motifs is 1. The Hall–Kier alpha value is -3.34. The average Bonchev–Trinajstić information content (AvgIpc) is 3.10. The minimum atomic E-state index is -0.578. The highest BCUT2D eigenvalue weighted by Gasteiger charge is 2.24. The fourth-order valence-corrected chi connectivity index (χ4v) is 2.93. The zero-order valence-electron chi connectivity index (χ0n) is 15.7. The number of ether oxygens (including phenoxy) is 1. The van der Waals surface area contributed by atoms with E-state index in [0.717, 1.165) is 22.2 Å². The number of likely N-dealkylation sites (N-methyl/N-ethyl adjacent to an activating group) is 1. The lowest BCUT2D eigenvalue weighted by atomic mass is 10.0. The van der Waals surface area contributed by atoms with Crippen molar-refractivity contribution >= 4 is 28.2 Å². The standard InChI is InChI=1S/C22H22N2O3/c1-14(2)16-10-11-18(27-13-15-8-6-5-7-9-15)19-17(12-23-20(16)19)21(25)22(26)24(3)4/h5-12,23H,1,13H2,2-4H3. The molecule has 0 aliphatic carbocycles. The molecule has 3 rings (SSSR count). The molecule has 0 aliphatic rings. The Bertz CT molecular complexity index is 1020. The molecule has 1 N–H and O–H groups in total. The molecule has 2 aromatic carbocycles. The van der Waals surface area contributed by atoms with Crippen molar-refractivity contribution in [2.75, 3.05) is 14.1 Å². The number of allylic oxidation sites excluding steroid dienone is 1. The van der Waals surface area contributed by atoms with Gasteiger partial charge in [-0.2, -0.15) is 0 Å². The topological polar surface area (TPSA) is 62.4 Å². The molecule has 0 fully saturated rings. The van der Waals surface area contributed by atoms with Gasteiger partial charge in [0.2, 0.25) is 0 Å². The number of nitrogens with zero attached hydrogens (tertiary/aromatic N) is 1. The van der Waals surface area contributed by atoms with Crippen LogP contribution in [0.4, 0.5) is 0 Å². The number of H-pyrrole nitrogens is 1. The molecule has 1 aromatic heterocycles. The van der Waals surface area contributed by atoms with Crippen molar-refractivity contribution in [2.45, 2.75) is 13.5 Å². The lowest BCUT2D eigenvalue weighted by molar-refractivity contribution is -0.124. The Balaban J connectivity index is 2.08. The van der Waals surface area contributed by atoms with Crippen LogP contribution in [-0.4, -0.2) is 35.7 Å². The van der Waals surface area contributed by atoms with E-state index in [1.54, 1.807) is 20.3 Å². The molecule has 0 atom stereocenters. The van der Waals surface area contributed by atoms with E-state index in [2.05, 4.69) is 11.6 Å². The maximum Gasteiger partial charge on any atom is 0.294 e. The molecule has 3 aromatic rings. The number of hydrogen-bond acceptors (Lipinski definition) is 3. The van der Waals surface area contributed by atoms with E-state index < -0.39 is 11.7 Å². The molecule has 5 nitrogen and oxygen atoms in total. The van der Waals surface area contributed by atoms with Gasteiger partial charge in [0, 0.05) is 25.9 Å². The predicted molar refractivity (Wildman–Crippen MR) is 107 cm³/mol. The fraction of sp³-hybridized carbons (Fsp3) is 0.182. The number of benzene rings is 2. The van der Waals surface area contributed by atoms with Gasteiger partial charge in [-0.15, -0.1) is 0 Å². The van der Waals surface area contributed by atoms with E-state index in [1.165, 1.54) is 4.90 Å². The van der Waals surface area contributed by atoms with Crippen LogP contribution in [0.25, 0.3) is 16.5 Å². The summed E-state index contributed by atoms with van der Waals surface area (Å²) in [6, 6.07) is 13.5. The Morgan fingerprint density at radius 1 is 1.07 bits per heavy atom. The van der Waals surface area contributed by atoms with Gasteiger partial charge in [-0.25, -0.2) is 0 Å². The van der Waals surface area contributed by atoms with Gasteiger partial charge in [0.15, 0.2) is 0 Å². The van der Waals surface area contributed by atoms with Crippen molar-refractivity contribution in [3.8, 4) is 5.75 Å². The number of carbonyl (C=O) groups is 2. The van der Waals surface area contributed by atoms with E-state index in [1.807, 2.05) is 49.4 Å². The Morgan fingerprint density at radius 2 is 1.78 bits per heavy atom. The Kier molecular flexibility index (Phi) is 5.12. The molecule has 27 heavy (non-hydrogen) atoms. The fourth-order valence-electron chi connectivity index (χ4n) is 2.93. The van der Waals surface area contributed by atoms with Crippen LogP contribution in [0.3, 0.4) is 0 Å². The predicted octanol–water partition coefficient (Wildman–Crippen LogP) is 4.05.